The number of halogens is 2. The average Bonchev–Trinajstić information content (AvgIpc) is 2.38. The molecule has 0 aliphatic heterocycles. The van der Waals surface area contributed by atoms with E-state index >= 15 is 0 Å². The first-order valence-corrected chi connectivity index (χ1v) is 6.38. The number of hydrogen-bond donors (Lipinski definition) is 2. The summed E-state index contributed by atoms with van der Waals surface area (Å²) in [6, 6.07) is 3.88. The maximum atomic E-state index is 12.9. The molecule has 4 nitrogen and oxygen atoms in total. The quantitative estimate of drug-likeness (QED) is 0.808. The highest BCUT2D eigenvalue weighted by atomic mass is 35.5. The number of nitrogens with one attached hydrogen (secondary N) is 1. The predicted molar refractivity (Wildman–Crippen MR) is 70.8 cm³/mol. The number of rotatable bonds is 7. The summed E-state index contributed by atoms with van der Waals surface area (Å²) in [7, 11) is 0. The predicted octanol–water partition coefficient (Wildman–Crippen LogP) is 2.14. The van der Waals surface area contributed by atoms with Crippen LogP contribution in [0.3, 0.4) is 0 Å². The van der Waals surface area contributed by atoms with Crippen molar-refractivity contribution in [2.45, 2.75) is 25.8 Å². The molecule has 106 valence electrons. The second kappa shape index (κ2) is 7.96. The smallest absolute Gasteiger partial charge is 0.258 e. The number of aliphatic hydroxyl groups excluding tert-OH is 1. The van der Waals surface area contributed by atoms with Gasteiger partial charge in [0.05, 0.1) is 5.02 Å². The number of ether oxygens (including phenoxy) is 1. The van der Waals surface area contributed by atoms with Gasteiger partial charge in [-0.25, -0.2) is 4.39 Å². The van der Waals surface area contributed by atoms with E-state index in [1.54, 1.807) is 0 Å². The molecular weight excluding hydrogens is 273 g/mol. The van der Waals surface area contributed by atoms with Crippen LogP contribution >= 0.6 is 11.6 Å². The Morgan fingerprint density at radius 3 is 2.95 bits per heavy atom. The highest BCUT2D eigenvalue weighted by Gasteiger charge is 2.08. The summed E-state index contributed by atoms with van der Waals surface area (Å²) in [6.07, 6.45) is 1.33. The van der Waals surface area contributed by atoms with E-state index in [4.69, 9.17) is 21.4 Å². The Balaban J connectivity index is 2.35. The third-order valence-electron chi connectivity index (χ3n) is 2.46. The van der Waals surface area contributed by atoms with Gasteiger partial charge in [0.1, 0.15) is 11.6 Å². The largest absolute Gasteiger partial charge is 0.484 e. The van der Waals surface area contributed by atoms with E-state index < -0.39 is 5.82 Å². The number of amides is 1. The minimum Gasteiger partial charge on any atom is -0.484 e. The van der Waals surface area contributed by atoms with Gasteiger partial charge in [-0.2, -0.15) is 0 Å². The number of aliphatic hydroxyl groups is 1. The molecule has 1 unspecified atom stereocenters. The topological polar surface area (TPSA) is 58.6 Å². The molecule has 0 spiro atoms. The molecule has 0 aromatic heterocycles. The third-order valence-corrected chi connectivity index (χ3v) is 2.75. The number of carbonyl (C=O) groups excluding carboxylic acids is 1. The molecule has 2 N–H and O–H groups in total. The first-order valence-electron chi connectivity index (χ1n) is 6.01. The van der Waals surface area contributed by atoms with Crippen molar-refractivity contribution in [3.63, 3.8) is 0 Å². The standard InChI is InChI=1S/C13H17ClFNO3/c1-9(3-2-6-17)16-13(18)8-19-10-4-5-12(15)11(14)7-10/h4-5,7,9,17H,2-3,6,8H2,1H3,(H,16,18). The van der Waals surface area contributed by atoms with Crippen molar-refractivity contribution in [3.8, 4) is 5.75 Å². The molecule has 0 bridgehead atoms. The van der Waals surface area contributed by atoms with Gasteiger partial charge in [0.15, 0.2) is 6.61 Å². The van der Waals surface area contributed by atoms with Gasteiger partial charge in [0, 0.05) is 18.7 Å². The molecule has 1 amide bonds. The summed E-state index contributed by atoms with van der Waals surface area (Å²) in [6.45, 7) is 1.79. The molecule has 1 atom stereocenters. The number of carbonyl (C=O) groups is 1. The minimum atomic E-state index is -0.531. The Hall–Kier alpha value is -1.33. The van der Waals surface area contributed by atoms with Crippen molar-refractivity contribution in [1.29, 1.82) is 0 Å². The van der Waals surface area contributed by atoms with E-state index in [0.717, 1.165) is 0 Å². The van der Waals surface area contributed by atoms with Crippen LogP contribution in [-0.2, 0) is 4.79 Å². The van der Waals surface area contributed by atoms with Crippen molar-refractivity contribution >= 4 is 17.5 Å². The van der Waals surface area contributed by atoms with Crippen LogP contribution in [-0.4, -0.2) is 30.3 Å². The van der Waals surface area contributed by atoms with Crippen LogP contribution in [0.4, 0.5) is 4.39 Å². The van der Waals surface area contributed by atoms with Crippen molar-refractivity contribution in [1.82, 2.24) is 5.32 Å². The lowest BCUT2D eigenvalue weighted by Gasteiger charge is -2.13. The van der Waals surface area contributed by atoms with Gasteiger partial charge in [-0.3, -0.25) is 4.79 Å². The third kappa shape index (κ3) is 5.89. The van der Waals surface area contributed by atoms with E-state index in [1.807, 2.05) is 6.92 Å². The Bertz CT molecular complexity index is 428. The Kier molecular flexibility index (Phi) is 6.59. The molecule has 0 saturated heterocycles. The molecule has 19 heavy (non-hydrogen) atoms. The summed E-state index contributed by atoms with van der Waals surface area (Å²) >= 11 is 5.59. The van der Waals surface area contributed by atoms with Crippen LogP contribution < -0.4 is 10.1 Å². The zero-order valence-corrected chi connectivity index (χ0v) is 11.4. The van der Waals surface area contributed by atoms with Gasteiger partial charge in [-0.15, -0.1) is 0 Å². The first kappa shape index (κ1) is 15.7. The Morgan fingerprint density at radius 1 is 1.58 bits per heavy atom. The molecule has 1 rings (SSSR count). The van der Waals surface area contributed by atoms with Crippen LogP contribution in [0.1, 0.15) is 19.8 Å². The fourth-order valence-electron chi connectivity index (χ4n) is 1.50. The molecule has 0 heterocycles. The van der Waals surface area contributed by atoms with E-state index in [2.05, 4.69) is 5.32 Å². The van der Waals surface area contributed by atoms with Crippen LogP contribution in [0.15, 0.2) is 18.2 Å². The van der Waals surface area contributed by atoms with Gasteiger partial charge >= 0.3 is 0 Å². The summed E-state index contributed by atoms with van der Waals surface area (Å²) < 4.78 is 18.1. The van der Waals surface area contributed by atoms with Gasteiger partial charge < -0.3 is 15.2 Å². The Labute approximate surface area is 116 Å². The lowest BCUT2D eigenvalue weighted by molar-refractivity contribution is -0.123. The fourth-order valence-corrected chi connectivity index (χ4v) is 1.67. The monoisotopic (exact) mass is 289 g/mol. The van der Waals surface area contributed by atoms with Crippen molar-refractivity contribution in [2.24, 2.45) is 0 Å². The summed E-state index contributed by atoms with van der Waals surface area (Å²) in [5, 5.41) is 11.4. The number of hydrogen-bond acceptors (Lipinski definition) is 3. The lowest BCUT2D eigenvalue weighted by Crippen LogP contribution is -2.36. The van der Waals surface area contributed by atoms with Crippen molar-refractivity contribution < 1.29 is 19.0 Å². The molecule has 1 aromatic rings. The molecule has 0 aliphatic rings. The molecule has 0 saturated carbocycles. The SMILES string of the molecule is CC(CCCO)NC(=O)COc1ccc(F)c(Cl)c1. The van der Waals surface area contributed by atoms with Gasteiger partial charge in [-0.1, -0.05) is 11.6 Å². The molecule has 0 aliphatic carbocycles. The second-order valence-electron chi connectivity index (χ2n) is 4.20. The highest BCUT2D eigenvalue weighted by Crippen LogP contribution is 2.20. The second-order valence-corrected chi connectivity index (χ2v) is 4.61. The minimum absolute atomic E-state index is 0.0277. The maximum absolute atomic E-state index is 12.9. The van der Waals surface area contributed by atoms with Gasteiger partial charge in [-0.05, 0) is 31.9 Å². The molecule has 1 aromatic carbocycles. The van der Waals surface area contributed by atoms with Gasteiger partial charge in [0.25, 0.3) is 5.91 Å². The Morgan fingerprint density at radius 2 is 2.32 bits per heavy atom. The lowest BCUT2D eigenvalue weighted by atomic mass is 10.2. The molecule has 6 heteroatoms. The molecule has 0 radical (unpaired) electrons. The molecule has 0 fully saturated rings. The van der Waals surface area contributed by atoms with E-state index in [-0.39, 0.29) is 30.2 Å². The van der Waals surface area contributed by atoms with Crippen molar-refractivity contribution in [2.75, 3.05) is 13.2 Å². The maximum Gasteiger partial charge on any atom is 0.258 e. The summed E-state index contributed by atoms with van der Waals surface area (Å²) in [4.78, 5) is 11.5. The van der Waals surface area contributed by atoms with E-state index in [9.17, 15) is 9.18 Å². The highest BCUT2D eigenvalue weighted by molar-refractivity contribution is 6.30. The average molecular weight is 290 g/mol. The van der Waals surface area contributed by atoms with Crippen LogP contribution in [0.2, 0.25) is 5.02 Å². The van der Waals surface area contributed by atoms with E-state index in [1.165, 1.54) is 18.2 Å². The zero-order valence-electron chi connectivity index (χ0n) is 10.7. The van der Waals surface area contributed by atoms with E-state index in [0.29, 0.717) is 18.6 Å². The first-order chi connectivity index (χ1) is 9.02. The van der Waals surface area contributed by atoms with Crippen molar-refractivity contribution in [3.05, 3.63) is 29.0 Å². The molecular formula is C13H17ClFNO3. The summed E-state index contributed by atoms with van der Waals surface area (Å²) in [5.74, 6) is -0.466. The fraction of sp³-hybridized carbons (Fsp3) is 0.462. The normalized spacial score (nSPS) is 12.0. The summed E-state index contributed by atoms with van der Waals surface area (Å²) in [5.41, 5.74) is 0. The van der Waals surface area contributed by atoms with Crippen LogP contribution in [0, 0.1) is 5.82 Å². The number of benzene rings is 1. The van der Waals surface area contributed by atoms with Crippen LogP contribution in [0.25, 0.3) is 0 Å². The zero-order chi connectivity index (χ0) is 14.3. The van der Waals surface area contributed by atoms with Gasteiger partial charge in [0.2, 0.25) is 0 Å². The van der Waals surface area contributed by atoms with Crippen LogP contribution in [0.5, 0.6) is 5.75 Å².